The number of aromatic nitrogens is 3. The molecule has 0 saturated heterocycles. The zero-order valence-corrected chi connectivity index (χ0v) is 17.0. The lowest BCUT2D eigenvalue weighted by Crippen LogP contribution is -2.24. The summed E-state index contributed by atoms with van der Waals surface area (Å²) in [6.45, 7) is 3.51. The third-order valence-electron chi connectivity index (χ3n) is 5.05. The maximum Gasteiger partial charge on any atom is 0.291 e. The Kier molecular flexibility index (Phi) is 5.10. The lowest BCUT2D eigenvalue weighted by molar-refractivity contribution is 0.101. The van der Waals surface area contributed by atoms with E-state index >= 15 is 0 Å². The summed E-state index contributed by atoms with van der Waals surface area (Å²) >= 11 is 12.4. The van der Waals surface area contributed by atoms with E-state index in [9.17, 15) is 4.79 Å². The van der Waals surface area contributed by atoms with Gasteiger partial charge in [-0.05, 0) is 30.2 Å². The largest absolute Gasteiger partial charge is 0.327 e. The minimum atomic E-state index is -0.240. The number of pyridine rings is 1. The van der Waals surface area contributed by atoms with Gasteiger partial charge in [0.1, 0.15) is 5.15 Å². The minimum absolute atomic E-state index is 0.240. The molecule has 0 spiro atoms. The van der Waals surface area contributed by atoms with Crippen LogP contribution in [0.25, 0.3) is 11.1 Å². The first kappa shape index (κ1) is 18.9. The van der Waals surface area contributed by atoms with Gasteiger partial charge in [-0.25, -0.2) is 9.97 Å². The topological polar surface area (TPSA) is 71.8 Å². The average molecular weight is 416 g/mol. The maximum absolute atomic E-state index is 12.9. The van der Waals surface area contributed by atoms with Crippen LogP contribution in [0, 0.1) is 6.92 Å². The fourth-order valence-corrected chi connectivity index (χ4v) is 3.90. The molecule has 0 atom stereocenters. The molecule has 4 rings (SSSR count). The Hall–Kier alpha value is -2.41. The van der Waals surface area contributed by atoms with Gasteiger partial charge in [0.05, 0.1) is 10.7 Å². The predicted molar refractivity (Wildman–Crippen MR) is 111 cm³/mol. The zero-order valence-electron chi connectivity index (χ0n) is 15.5. The fraction of sp³-hybridized carbons (Fsp3) is 0.250. The van der Waals surface area contributed by atoms with E-state index in [1.807, 2.05) is 42.8 Å². The molecule has 1 aromatic carbocycles. The molecule has 0 radical (unpaired) electrons. The van der Waals surface area contributed by atoms with E-state index in [-0.39, 0.29) is 11.1 Å². The van der Waals surface area contributed by atoms with Crippen molar-refractivity contribution < 1.29 is 4.79 Å². The number of benzene rings is 1. The number of carbonyl (C=O) groups is 1. The van der Waals surface area contributed by atoms with Gasteiger partial charge in [0.2, 0.25) is 0 Å². The van der Waals surface area contributed by atoms with Crippen LogP contribution in [0.1, 0.15) is 27.6 Å². The van der Waals surface area contributed by atoms with Gasteiger partial charge in [0, 0.05) is 49.7 Å². The third-order valence-corrected chi connectivity index (χ3v) is 5.82. The summed E-state index contributed by atoms with van der Waals surface area (Å²) in [6, 6.07) is 7.48. The number of imidazole rings is 1. The first-order valence-electron chi connectivity index (χ1n) is 8.94. The van der Waals surface area contributed by atoms with Gasteiger partial charge in [-0.2, -0.15) is 0 Å². The molecule has 0 fully saturated rings. The molecule has 0 bridgehead atoms. The van der Waals surface area contributed by atoms with Crippen molar-refractivity contribution >= 4 is 34.8 Å². The Labute approximate surface area is 172 Å². The van der Waals surface area contributed by atoms with Gasteiger partial charge in [0.25, 0.3) is 5.91 Å². The number of hydrogen-bond donors (Lipinski definition) is 2. The summed E-state index contributed by atoms with van der Waals surface area (Å²) in [7, 11) is 1.88. The molecule has 0 aliphatic carbocycles. The van der Waals surface area contributed by atoms with Crippen molar-refractivity contribution in [2.45, 2.75) is 19.9 Å². The number of nitrogens with zero attached hydrogens (tertiary/aromatic N) is 3. The van der Waals surface area contributed by atoms with E-state index in [1.54, 1.807) is 6.20 Å². The summed E-state index contributed by atoms with van der Waals surface area (Å²) < 4.78 is 1.88. The Bertz CT molecular complexity index is 1080. The van der Waals surface area contributed by atoms with E-state index < -0.39 is 0 Å². The number of nitrogens with one attached hydrogen (secondary N) is 2. The van der Waals surface area contributed by atoms with Crippen molar-refractivity contribution in [2.75, 3.05) is 11.9 Å². The highest BCUT2D eigenvalue weighted by Gasteiger charge is 2.22. The Morgan fingerprint density at radius 2 is 2.07 bits per heavy atom. The molecule has 6 nitrogen and oxygen atoms in total. The van der Waals surface area contributed by atoms with Crippen LogP contribution in [0.2, 0.25) is 10.2 Å². The van der Waals surface area contributed by atoms with Crippen LogP contribution in [0.3, 0.4) is 0 Å². The van der Waals surface area contributed by atoms with E-state index in [0.29, 0.717) is 23.1 Å². The van der Waals surface area contributed by atoms with Gasteiger partial charge in [-0.1, -0.05) is 35.3 Å². The Balaban J connectivity index is 1.67. The normalized spacial score (nSPS) is 13.3. The van der Waals surface area contributed by atoms with Gasteiger partial charge in [-0.15, -0.1) is 0 Å². The smallest absolute Gasteiger partial charge is 0.291 e. The number of carbonyl (C=O) groups excluding carboxylic acids is 1. The third kappa shape index (κ3) is 3.28. The summed E-state index contributed by atoms with van der Waals surface area (Å²) in [5.41, 5.74) is 5.28. The molecule has 3 heterocycles. The second-order valence-electron chi connectivity index (χ2n) is 6.71. The molecule has 1 aliphatic rings. The first-order chi connectivity index (χ1) is 13.5. The van der Waals surface area contributed by atoms with E-state index in [1.165, 1.54) is 0 Å². The molecule has 3 aromatic rings. The number of anilines is 1. The highest BCUT2D eigenvalue weighted by molar-refractivity contribution is 6.43. The number of hydrogen-bond acceptors (Lipinski definition) is 4. The van der Waals surface area contributed by atoms with Crippen LogP contribution in [0.4, 0.5) is 5.69 Å². The lowest BCUT2D eigenvalue weighted by atomic mass is 10.00. The summed E-state index contributed by atoms with van der Waals surface area (Å²) in [5.74, 6) is 0.166. The second-order valence-corrected chi connectivity index (χ2v) is 7.45. The van der Waals surface area contributed by atoms with Crippen LogP contribution in [-0.2, 0) is 20.0 Å². The molecule has 2 N–H and O–H groups in total. The number of fused-ring (bicyclic) bond motifs is 1. The van der Waals surface area contributed by atoms with Crippen molar-refractivity contribution in [1.29, 1.82) is 0 Å². The van der Waals surface area contributed by atoms with Crippen molar-refractivity contribution in [2.24, 2.45) is 7.05 Å². The van der Waals surface area contributed by atoms with E-state index in [0.717, 1.165) is 41.0 Å². The van der Waals surface area contributed by atoms with Crippen LogP contribution in [0.15, 0.2) is 30.5 Å². The van der Waals surface area contributed by atoms with Crippen molar-refractivity contribution in [3.8, 4) is 11.1 Å². The molecule has 28 heavy (non-hydrogen) atoms. The second kappa shape index (κ2) is 7.54. The van der Waals surface area contributed by atoms with Gasteiger partial charge in [0.15, 0.2) is 5.82 Å². The summed E-state index contributed by atoms with van der Waals surface area (Å²) in [6.07, 6.45) is 2.47. The van der Waals surface area contributed by atoms with Crippen LogP contribution >= 0.6 is 23.2 Å². The minimum Gasteiger partial charge on any atom is -0.327 e. The highest BCUT2D eigenvalue weighted by Crippen LogP contribution is 2.36. The molecular formula is C20H19Cl2N5O. The zero-order chi connectivity index (χ0) is 19.8. The van der Waals surface area contributed by atoms with Crippen molar-refractivity contribution in [3.63, 3.8) is 0 Å². The SMILES string of the molecule is Cc1c(NC(=O)c2nc3c(n2C)CCNC3)cccc1-c1ccnc(Cl)c1Cl. The Morgan fingerprint density at radius 1 is 1.25 bits per heavy atom. The van der Waals surface area contributed by atoms with E-state index in [2.05, 4.69) is 20.6 Å². The molecule has 1 aliphatic heterocycles. The molecule has 8 heteroatoms. The molecule has 2 aromatic heterocycles. The summed E-state index contributed by atoms with van der Waals surface area (Å²) in [4.78, 5) is 21.4. The first-order valence-corrected chi connectivity index (χ1v) is 9.69. The standard InChI is InChI=1S/C20H19Cl2N5O/c1-11-12(13-6-9-24-18(22)17(13)21)4-3-5-14(11)26-20(28)19-25-15-10-23-8-7-16(15)27(19)2/h3-6,9,23H,7-8,10H2,1-2H3,(H,26,28). The van der Waals surface area contributed by atoms with Gasteiger partial charge in [-0.3, -0.25) is 4.79 Å². The van der Waals surface area contributed by atoms with Crippen LogP contribution in [-0.4, -0.2) is 27.0 Å². The number of halogens is 2. The van der Waals surface area contributed by atoms with Crippen LogP contribution < -0.4 is 10.6 Å². The average Bonchev–Trinajstić information content (AvgIpc) is 3.03. The quantitative estimate of drug-likeness (QED) is 0.634. The van der Waals surface area contributed by atoms with Gasteiger partial charge >= 0.3 is 0 Å². The summed E-state index contributed by atoms with van der Waals surface area (Å²) in [5, 5.41) is 6.90. The Morgan fingerprint density at radius 3 is 2.86 bits per heavy atom. The predicted octanol–water partition coefficient (Wildman–Crippen LogP) is 4.00. The van der Waals surface area contributed by atoms with Gasteiger partial charge < -0.3 is 15.2 Å². The molecule has 1 amide bonds. The molecule has 144 valence electrons. The molecular weight excluding hydrogens is 397 g/mol. The maximum atomic E-state index is 12.9. The lowest BCUT2D eigenvalue weighted by Gasteiger charge is -2.14. The van der Waals surface area contributed by atoms with Crippen molar-refractivity contribution in [3.05, 3.63) is 63.4 Å². The van der Waals surface area contributed by atoms with Crippen LogP contribution in [0.5, 0.6) is 0 Å². The monoisotopic (exact) mass is 415 g/mol. The molecule has 0 saturated carbocycles. The number of amides is 1. The fourth-order valence-electron chi connectivity index (χ4n) is 3.53. The van der Waals surface area contributed by atoms with Crippen molar-refractivity contribution in [1.82, 2.24) is 19.9 Å². The highest BCUT2D eigenvalue weighted by atomic mass is 35.5. The number of rotatable bonds is 3. The molecule has 0 unspecified atom stereocenters. The van der Waals surface area contributed by atoms with E-state index in [4.69, 9.17) is 23.2 Å².